The van der Waals surface area contributed by atoms with Gasteiger partial charge in [0.2, 0.25) is 0 Å². The van der Waals surface area contributed by atoms with Crippen molar-refractivity contribution in [1.82, 2.24) is 14.7 Å². The number of nitrogens with zero attached hydrogens (tertiary/aromatic N) is 4. The standard InChI is InChI=1S/C15H26N4/c1-4-13-9-17-7-5-6-14(17)10-18(13)15-8-16-19(11-15)12(2)3/h8,11-14H,4-7,9-10H2,1-3H3. The van der Waals surface area contributed by atoms with E-state index in [0.29, 0.717) is 12.1 Å². The van der Waals surface area contributed by atoms with Crippen molar-refractivity contribution in [2.45, 2.75) is 58.2 Å². The zero-order valence-electron chi connectivity index (χ0n) is 12.4. The molecule has 2 aliphatic heterocycles. The minimum Gasteiger partial charge on any atom is -0.363 e. The third kappa shape index (κ3) is 2.38. The van der Waals surface area contributed by atoms with E-state index < -0.39 is 0 Å². The Morgan fingerprint density at radius 3 is 2.89 bits per heavy atom. The molecule has 0 spiro atoms. The Morgan fingerprint density at radius 1 is 1.37 bits per heavy atom. The fourth-order valence-corrected chi connectivity index (χ4v) is 3.51. The van der Waals surface area contributed by atoms with Gasteiger partial charge in [-0.05, 0) is 39.7 Å². The number of rotatable bonds is 3. The third-order valence-corrected chi connectivity index (χ3v) is 4.71. The number of aromatic nitrogens is 2. The average Bonchev–Trinajstić information content (AvgIpc) is 3.05. The smallest absolute Gasteiger partial charge is 0.0756 e. The first-order valence-electron chi connectivity index (χ1n) is 7.74. The van der Waals surface area contributed by atoms with Crippen LogP contribution in [0.2, 0.25) is 0 Å². The molecule has 0 radical (unpaired) electrons. The van der Waals surface area contributed by atoms with Crippen LogP contribution in [-0.2, 0) is 0 Å². The van der Waals surface area contributed by atoms with Gasteiger partial charge in [0.1, 0.15) is 0 Å². The summed E-state index contributed by atoms with van der Waals surface area (Å²) in [6.45, 7) is 10.4. The molecule has 106 valence electrons. The van der Waals surface area contributed by atoms with Crippen LogP contribution in [0.3, 0.4) is 0 Å². The summed E-state index contributed by atoms with van der Waals surface area (Å²) in [6.07, 6.45) is 8.23. The molecule has 3 heterocycles. The lowest BCUT2D eigenvalue weighted by Gasteiger charge is -2.44. The number of hydrogen-bond donors (Lipinski definition) is 0. The molecule has 1 aromatic rings. The van der Waals surface area contributed by atoms with Crippen molar-refractivity contribution in [1.29, 1.82) is 0 Å². The van der Waals surface area contributed by atoms with Gasteiger partial charge in [-0.25, -0.2) is 0 Å². The van der Waals surface area contributed by atoms with Gasteiger partial charge < -0.3 is 4.90 Å². The molecule has 0 saturated carbocycles. The number of hydrogen-bond acceptors (Lipinski definition) is 3. The lowest BCUT2D eigenvalue weighted by molar-refractivity contribution is 0.194. The SMILES string of the molecule is CCC1CN2CCCC2CN1c1cnn(C(C)C)c1. The lowest BCUT2D eigenvalue weighted by Crippen LogP contribution is -2.56. The van der Waals surface area contributed by atoms with E-state index in [1.807, 2.05) is 6.20 Å². The molecule has 0 N–H and O–H groups in total. The molecule has 2 fully saturated rings. The zero-order chi connectivity index (χ0) is 13.4. The highest BCUT2D eigenvalue weighted by atomic mass is 15.4. The van der Waals surface area contributed by atoms with E-state index in [1.54, 1.807) is 0 Å². The van der Waals surface area contributed by atoms with Gasteiger partial charge in [0.15, 0.2) is 0 Å². The molecule has 4 heteroatoms. The summed E-state index contributed by atoms with van der Waals surface area (Å²) in [7, 11) is 0. The molecule has 4 nitrogen and oxygen atoms in total. The summed E-state index contributed by atoms with van der Waals surface area (Å²) < 4.78 is 2.07. The second-order valence-electron chi connectivity index (χ2n) is 6.28. The monoisotopic (exact) mass is 262 g/mol. The van der Waals surface area contributed by atoms with Crippen molar-refractivity contribution in [2.24, 2.45) is 0 Å². The molecule has 2 saturated heterocycles. The minimum absolute atomic E-state index is 0.446. The highest BCUT2D eigenvalue weighted by Crippen LogP contribution is 2.29. The van der Waals surface area contributed by atoms with Crippen LogP contribution in [0.1, 0.15) is 46.1 Å². The Hall–Kier alpha value is -1.03. The van der Waals surface area contributed by atoms with Gasteiger partial charge in [-0.2, -0.15) is 5.10 Å². The molecule has 0 aromatic carbocycles. The van der Waals surface area contributed by atoms with E-state index in [4.69, 9.17) is 0 Å². The van der Waals surface area contributed by atoms with E-state index in [1.165, 1.54) is 44.6 Å². The molecule has 2 atom stereocenters. The lowest BCUT2D eigenvalue weighted by atomic mass is 10.0. The largest absolute Gasteiger partial charge is 0.363 e. The Balaban J connectivity index is 1.80. The fraction of sp³-hybridized carbons (Fsp3) is 0.800. The Bertz CT molecular complexity index is 426. The summed E-state index contributed by atoms with van der Waals surface area (Å²) in [6, 6.07) is 1.87. The molecule has 2 unspecified atom stereocenters. The fourth-order valence-electron chi connectivity index (χ4n) is 3.51. The summed E-state index contributed by atoms with van der Waals surface area (Å²) in [5.41, 5.74) is 1.31. The second-order valence-corrected chi connectivity index (χ2v) is 6.28. The van der Waals surface area contributed by atoms with Crippen molar-refractivity contribution < 1.29 is 0 Å². The zero-order valence-corrected chi connectivity index (χ0v) is 12.4. The second kappa shape index (κ2) is 5.16. The molecule has 19 heavy (non-hydrogen) atoms. The van der Waals surface area contributed by atoms with Crippen LogP contribution < -0.4 is 4.90 Å². The van der Waals surface area contributed by atoms with Crippen LogP contribution in [0.5, 0.6) is 0 Å². The maximum atomic E-state index is 4.51. The van der Waals surface area contributed by atoms with Crippen molar-refractivity contribution in [3.05, 3.63) is 12.4 Å². The topological polar surface area (TPSA) is 24.3 Å². The highest BCUT2D eigenvalue weighted by Gasteiger charge is 2.35. The first-order chi connectivity index (χ1) is 9.19. The van der Waals surface area contributed by atoms with Gasteiger partial charge in [0.25, 0.3) is 0 Å². The summed E-state index contributed by atoms with van der Waals surface area (Å²) in [5.74, 6) is 0. The predicted octanol–water partition coefficient (Wildman–Crippen LogP) is 2.53. The van der Waals surface area contributed by atoms with Crippen molar-refractivity contribution in [3.8, 4) is 0 Å². The molecule has 0 amide bonds. The van der Waals surface area contributed by atoms with Crippen LogP contribution in [0.15, 0.2) is 12.4 Å². The van der Waals surface area contributed by atoms with Crippen LogP contribution >= 0.6 is 0 Å². The van der Waals surface area contributed by atoms with Gasteiger partial charge in [0, 0.05) is 37.4 Å². The molecule has 1 aromatic heterocycles. The van der Waals surface area contributed by atoms with Crippen molar-refractivity contribution in [2.75, 3.05) is 24.5 Å². The number of anilines is 1. The first kappa shape index (κ1) is 13.0. The Labute approximate surface area is 116 Å². The van der Waals surface area contributed by atoms with Gasteiger partial charge in [-0.15, -0.1) is 0 Å². The molecule has 2 aliphatic rings. The average molecular weight is 262 g/mol. The maximum absolute atomic E-state index is 4.51. The molecule has 0 bridgehead atoms. The van der Waals surface area contributed by atoms with E-state index in [-0.39, 0.29) is 0 Å². The molecular weight excluding hydrogens is 236 g/mol. The van der Waals surface area contributed by atoms with E-state index in [9.17, 15) is 0 Å². The van der Waals surface area contributed by atoms with E-state index in [2.05, 4.69) is 46.5 Å². The minimum atomic E-state index is 0.446. The predicted molar refractivity (Wildman–Crippen MR) is 78.6 cm³/mol. The van der Waals surface area contributed by atoms with Crippen molar-refractivity contribution in [3.63, 3.8) is 0 Å². The van der Waals surface area contributed by atoms with Crippen molar-refractivity contribution >= 4 is 5.69 Å². The molecular formula is C15H26N4. The van der Waals surface area contributed by atoms with E-state index >= 15 is 0 Å². The van der Waals surface area contributed by atoms with Gasteiger partial charge in [0.05, 0.1) is 11.9 Å². The van der Waals surface area contributed by atoms with Crippen LogP contribution in [0, 0.1) is 0 Å². The number of piperazine rings is 1. The van der Waals surface area contributed by atoms with Crippen LogP contribution in [0.25, 0.3) is 0 Å². The number of fused-ring (bicyclic) bond motifs is 1. The Kier molecular flexibility index (Phi) is 3.52. The normalized spacial score (nSPS) is 28.1. The highest BCUT2D eigenvalue weighted by molar-refractivity contribution is 5.45. The summed E-state index contributed by atoms with van der Waals surface area (Å²) in [4.78, 5) is 5.29. The van der Waals surface area contributed by atoms with Gasteiger partial charge >= 0.3 is 0 Å². The molecule has 0 aliphatic carbocycles. The third-order valence-electron chi connectivity index (χ3n) is 4.71. The van der Waals surface area contributed by atoms with Gasteiger partial charge in [-0.1, -0.05) is 6.92 Å². The summed E-state index contributed by atoms with van der Waals surface area (Å²) >= 11 is 0. The van der Waals surface area contributed by atoms with E-state index in [0.717, 1.165) is 6.04 Å². The van der Waals surface area contributed by atoms with Crippen LogP contribution in [-0.4, -0.2) is 46.4 Å². The van der Waals surface area contributed by atoms with Gasteiger partial charge in [-0.3, -0.25) is 9.58 Å². The maximum Gasteiger partial charge on any atom is 0.0756 e. The summed E-state index contributed by atoms with van der Waals surface area (Å²) in [5, 5.41) is 4.51. The quantitative estimate of drug-likeness (QED) is 0.836. The first-order valence-corrected chi connectivity index (χ1v) is 7.74. The van der Waals surface area contributed by atoms with Crippen LogP contribution in [0.4, 0.5) is 5.69 Å². The Morgan fingerprint density at radius 2 is 2.21 bits per heavy atom. The molecule has 3 rings (SSSR count).